The van der Waals surface area contributed by atoms with Crippen LogP contribution in [0.4, 0.5) is 0 Å². The van der Waals surface area contributed by atoms with Gasteiger partial charge in [-0.25, -0.2) is 0 Å². The second-order valence-electron chi connectivity index (χ2n) is 6.04. The number of carbonyl (C=O) groups is 1. The monoisotopic (exact) mass is 264 g/mol. The summed E-state index contributed by atoms with van der Waals surface area (Å²) < 4.78 is 1.78. The highest BCUT2D eigenvalue weighted by Crippen LogP contribution is 2.29. The van der Waals surface area contributed by atoms with Gasteiger partial charge in [0.25, 0.3) is 0 Å². The first-order valence-electron chi connectivity index (χ1n) is 6.98. The molecule has 1 aliphatic rings. The summed E-state index contributed by atoms with van der Waals surface area (Å²) >= 11 is 0. The van der Waals surface area contributed by atoms with Crippen LogP contribution >= 0.6 is 0 Å². The molecule has 5 heteroatoms. The predicted molar refractivity (Wildman–Crippen MR) is 74.7 cm³/mol. The minimum atomic E-state index is -0.0739. The van der Waals surface area contributed by atoms with E-state index in [1.165, 1.54) is 0 Å². The Kier molecular flexibility index (Phi) is 4.24. The molecule has 0 spiro atoms. The molecular formula is C14H24N4O. The number of nitrogens with zero attached hydrogens (tertiary/aromatic N) is 2. The Morgan fingerprint density at radius 2 is 2.42 bits per heavy atom. The van der Waals surface area contributed by atoms with E-state index >= 15 is 0 Å². The van der Waals surface area contributed by atoms with Gasteiger partial charge >= 0.3 is 0 Å². The van der Waals surface area contributed by atoms with Crippen molar-refractivity contribution in [1.29, 1.82) is 0 Å². The van der Waals surface area contributed by atoms with Gasteiger partial charge in [-0.1, -0.05) is 13.8 Å². The Morgan fingerprint density at radius 3 is 3.05 bits per heavy atom. The second kappa shape index (κ2) is 5.74. The average Bonchev–Trinajstić information content (AvgIpc) is 2.74. The van der Waals surface area contributed by atoms with Crippen molar-refractivity contribution in [1.82, 2.24) is 20.4 Å². The fourth-order valence-corrected chi connectivity index (χ4v) is 2.69. The summed E-state index contributed by atoms with van der Waals surface area (Å²) in [4.78, 5) is 12.2. The van der Waals surface area contributed by atoms with E-state index in [-0.39, 0.29) is 17.4 Å². The van der Waals surface area contributed by atoms with Gasteiger partial charge in [0.15, 0.2) is 0 Å². The summed E-state index contributed by atoms with van der Waals surface area (Å²) in [6.07, 6.45) is 6.89. The molecule has 1 aliphatic heterocycles. The highest BCUT2D eigenvalue weighted by Gasteiger charge is 2.36. The molecule has 106 valence electrons. The lowest BCUT2D eigenvalue weighted by atomic mass is 9.77. The minimum Gasteiger partial charge on any atom is -0.354 e. The largest absolute Gasteiger partial charge is 0.354 e. The maximum Gasteiger partial charge on any atom is 0.237 e. The van der Waals surface area contributed by atoms with Gasteiger partial charge in [-0.2, -0.15) is 5.10 Å². The highest BCUT2D eigenvalue weighted by atomic mass is 16.2. The van der Waals surface area contributed by atoms with Crippen molar-refractivity contribution >= 4 is 5.91 Å². The van der Waals surface area contributed by atoms with Crippen LogP contribution in [0.1, 0.15) is 32.3 Å². The van der Waals surface area contributed by atoms with Crippen molar-refractivity contribution in [3.05, 3.63) is 18.0 Å². The van der Waals surface area contributed by atoms with E-state index in [4.69, 9.17) is 0 Å². The molecule has 1 unspecified atom stereocenters. The molecule has 1 fully saturated rings. The number of amides is 1. The van der Waals surface area contributed by atoms with E-state index in [1.807, 2.05) is 19.4 Å². The van der Waals surface area contributed by atoms with Gasteiger partial charge in [0.2, 0.25) is 5.91 Å². The lowest BCUT2D eigenvalue weighted by Gasteiger charge is -2.38. The average molecular weight is 264 g/mol. The summed E-state index contributed by atoms with van der Waals surface area (Å²) in [6.45, 7) is 5.91. The molecule has 0 bridgehead atoms. The maximum absolute atomic E-state index is 12.2. The molecule has 5 nitrogen and oxygen atoms in total. The zero-order valence-electron chi connectivity index (χ0n) is 12.1. The van der Waals surface area contributed by atoms with Gasteiger partial charge in [0.1, 0.15) is 0 Å². The normalized spacial score (nSPS) is 22.2. The van der Waals surface area contributed by atoms with Crippen molar-refractivity contribution in [2.45, 2.75) is 39.2 Å². The zero-order valence-corrected chi connectivity index (χ0v) is 12.1. The van der Waals surface area contributed by atoms with E-state index < -0.39 is 0 Å². The van der Waals surface area contributed by atoms with Gasteiger partial charge < -0.3 is 10.6 Å². The number of rotatable bonds is 4. The Labute approximate surface area is 114 Å². The van der Waals surface area contributed by atoms with Crippen LogP contribution in [0.3, 0.4) is 0 Å². The van der Waals surface area contributed by atoms with Gasteiger partial charge in [0.05, 0.1) is 12.2 Å². The summed E-state index contributed by atoms with van der Waals surface area (Å²) in [5.41, 5.74) is 1.19. The highest BCUT2D eigenvalue weighted by molar-refractivity contribution is 5.82. The molecule has 2 N–H and O–H groups in total. The number of aromatic nitrogens is 2. The van der Waals surface area contributed by atoms with Gasteiger partial charge in [-0.15, -0.1) is 0 Å². The van der Waals surface area contributed by atoms with Crippen LogP contribution in [0.5, 0.6) is 0 Å². The molecule has 1 atom stereocenters. The SMILES string of the molecule is Cn1cc(CCNC(=O)C2NCCCC2(C)C)cn1. The Morgan fingerprint density at radius 1 is 1.63 bits per heavy atom. The van der Waals surface area contributed by atoms with E-state index in [2.05, 4.69) is 29.6 Å². The first-order valence-corrected chi connectivity index (χ1v) is 6.98. The topological polar surface area (TPSA) is 59.0 Å². The molecule has 0 aliphatic carbocycles. The number of aryl methyl sites for hydroxylation is 1. The molecule has 0 radical (unpaired) electrons. The molecular weight excluding hydrogens is 240 g/mol. The quantitative estimate of drug-likeness (QED) is 0.848. The van der Waals surface area contributed by atoms with Gasteiger partial charge in [0, 0.05) is 19.8 Å². The fraction of sp³-hybridized carbons (Fsp3) is 0.714. The van der Waals surface area contributed by atoms with Crippen LogP contribution in [-0.2, 0) is 18.3 Å². The van der Waals surface area contributed by atoms with E-state index in [1.54, 1.807) is 4.68 Å². The molecule has 19 heavy (non-hydrogen) atoms. The van der Waals surface area contributed by atoms with Crippen LogP contribution in [-0.4, -0.2) is 34.8 Å². The summed E-state index contributed by atoms with van der Waals surface area (Å²) in [6, 6.07) is -0.0739. The number of nitrogens with one attached hydrogen (secondary N) is 2. The number of hydrogen-bond donors (Lipinski definition) is 2. The molecule has 1 saturated heterocycles. The summed E-state index contributed by atoms with van der Waals surface area (Å²) in [7, 11) is 1.90. The van der Waals surface area contributed by atoms with Crippen LogP contribution in [0.25, 0.3) is 0 Å². The third-order valence-electron chi connectivity index (χ3n) is 3.86. The minimum absolute atomic E-state index is 0.0383. The standard InChI is InChI=1S/C14H24N4O/c1-14(2)6-4-7-15-12(14)13(19)16-8-5-11-9-17-18(3)10-11/h9-10,12,15H,4-8H2,1-3H3,(H,16,19). The van der Waals surface area contributed by atoms with Crippen molar-refractivity contribution in [2.24, 2.45) is 12.5 Å². The Hall–Kier alpha value is -1.36. The van der Waals surface area contributed by atoms with Crippen LogP contribution in [0, 0.1) is 5.41 Å². The Balaban J connectivity index is 1.80. The lowest BCUT2D eigenvalue weighted by molar-refractivity contribution is -0.126. The van der Waals surface area contributed by atoms with Crippen LogP contribution in [0.15, 0.2) is 12.4 Å². The molecule has 2 rings (SSSR count). The maximum atomic E-state index is 12.2. The first kappa shape index (κ1) is 14.1. The lowest BCUT2D eigenvalue weighted by Crippen LogP contribution is -2.55. The van der Waals surface area contributed by atoms with Gasteiger partial charge in [-0.05, 0) is 36.8 Å². The summed E-state index contributed by atoms with van der Waals surface area (Å²) in [5.74, 6) is 0.119. The number of carbonyl (C=O) groups excluding carboxylic acids is 1. The molecule has 0 aromatic carbocycles. The molecule has 1 aromatic rings. The number of hydrogen-bond acceptors (Lipinski definition) is 3. The summed E-state index contributed by atoms with van der Waals surface area (Å²) in [5, 5.41) is 10.5. The smallest absolute Gasteiger partial charge is 0.237 e. The van der Waals surface area contributed by atoms with E-state index in [0.29, 0.717) is 6.54 Å². The van der Waals surface area contributed by atoms with E-state index in [0.717, 1.165) is 31.4 Å². The third-order valence-corrected chi connectivity index (χ3v) is 3.86. The first-order chi connectivity index (χ1) is 8.99. The molecule has 0 saturated carbocycles. The predicted octanol–water partition coefficient (Wildman–Crippen LogP) is 0.857. The van der Waals surface area contributed by atoms with Crippen molar-refractivity contribution < 1.29 is 4.79 Å². The van der Waals surface area contributed by atoms with Crippen molar-refractivity contribution in [3.8, 4) is 0 Å². The third kappa shape index (κ3) is 3.56. The molecule has 2 heterocycles. The van der Waals surface area contributed by atoms with Crippen LogP contribution < -0.4 is 10.6 Å². The van der Waals surface area contributed by atoms with Crippen molar-refractivity contribution in [3.63, 3.8) is 0 Å². The van der Waals surface area contributed by atoms with Crippen LogP contribution in [0.2, 0.25) is 0 Å². The zero-order chi connectivity index (χ0) is 13.9. The van der Waals surface area contributed by atoms with Gasteiger partial charge in [-0.3, -0.25) is 9.48 Å². The Bertz CT molecular complexity index is 438. The fourth-order valence-electron chi connectivity index (χ4n) is 2.69. The number of piperidine rings is 1. The van der Waals surface area contributed by atoms with Crippen molar-refractivity contribution in [2.75, 3.05) is 13.1 Å². The molecule has 1 amide bonds. The molecule has 1 aromatic heterocycles. The van der Waals surface area contributed by atoms with E-state index in [9.17, 15) is 4.79 Å². The second-order valence-corrected chi connectivity index (χ2v) is 6.04.